The van der Waals surface area contributed by atoms with Crippen molar-refractivity contribution in [3.8, 4) is 0 Å². The first-order valence-corrected chi connectivity index (χ1v) is 2.35. The van der Waals surface area contributed by atoms with Crippen LogP contribution in [0.25, 0.3) is 0 Å². The van der Waals surface area contributed by atoms with E-state index in [4.69, 9.17) is 19.2 Å². The molecule has 0 saturated carbocycles. The van der Waals surface area contributed by atoms with Gasteiger partial charge >= 0.3 is 45.5 Å². The van der Waals surface area contributed by atoms with Crippen LogP contribution in [-0.4, -0.2) is 14.7 Å². The average Bonchev–Trinajstić information content (AvgIpc) is 0.722. The monoisotopic (exact) mass is 276 g/mol. The maximum Gasteiger partial charge on any atom is 1.00 e. The molecule has 3 N–H and O–H groups in total. The largest absolute Gasteiger partial charge is 1.00 e. The van der Waals surface area contributed by atoms with Crippen LogP contribution in [0.3, 0.4) is 0 Å². The minimum Gasteiger partial charge on any atom is -1.00 e. The summed E-state index contributed by atoms with van der Waals surface area (Å²) in [6, 6.07) is 0. The van der Waals surface area contributed by atoms with Crippen molar-refractivity contribution in [1.29, 1.82) is 0 Å². The van der Waals surface area contributed by atoms with E-state index in [9.17, 15) is 0 Å². The van der Waals surface area contributed by atoms with Crippen molar-refractivity contribution in [1.82, 2.24) is 0 Å². The molecular formula is H5FeLi2MnO4PV. The van der Waals surface area contributed by atoms with Gasteiger partial charge in [0.2, 0.25) is 0 Å². The Hall–Kier alpha value is 2.93. The Labute approximate surface area is 119 Å². The first kappa shape index (κ1) is 38.3. The molecule has 0 aliphatic carbocycles. The number of rotatable bonds is 0. The molecule has 0 fully saturated rings. The molecule has 0 unspecified atom stereocenters. The second-order valence-corrected chi connectivity index (χ2v) is 1.54. The predicted octanol–water partition coefficient (Wildman–Crippen LogP) is -6.70. The van der Waals surface area contributed by atoms with Crippen LogP contribution < -0.4 is 37.7 Å². The zero-order valence-corrected chi connectivity index (χ0v) is 9.95. The van der Waals surface area contributed by atoms with E-state index in [1.54, 1.807) is 0 Å². The van der Waals surface area contributed by atoms with Gasteiger partial charge in [-0.3, -0.25) is 0 Å². The third-order valence-electron chi connectivity index (χ3n) is 0. The second kappa shape index (κ2) is 17.9. The van der Waals surface area contributed by atoms with Gasteiger partial charge in [0, 0.05) is 52.7 Å². The molecule has 0 aliphatic rings. The van der Waals surface area contributed by atoms with Gasteiger partial charge in [0.05, 0.1) is 0 Å². The van der Waals surface area contributed by atoms with Crippen LogP contribution in [0.5, 0.6) is 0 Å². The van der Waals surface area contributed by atoms with Crippen LogP contribution in [0, 0.1) is 0 Å². The van der Waals surface area contributed by atoms with Crippen LogP contribution in [-0.2, 0) is 57.3 Å². The fourth-order valence-electron chi connectivity index (χ4n) is 0. The minimum atomic E-state index is -4.64. The topological polar surface area (TPSA) is 77.8 Å². The van der Waals surface area contributed by atoms with Crippen molar-refractivity contribution in [2.24, 2.45) is 0 Å². The van der Waals surface area contributed by atoms with Crippen molar-refractivity contribution in [2.75, 3.05) is 0 Å². The van der Waals surface area contributed by atoms with Gasteiger partial charge in [-0.15, -0.1) is 0 Å². The predicted molar refractivity (Wildman–Crippen MR) is 16.5 cm³/mol. The summed E-state index contributed by atoms with van der Waals surface area (Å²) < 4.78 is 8.88. The molecular weight excluding hydrogens is 271 g/mol. The third kappa shape index (κ3) is 126. The molecule has 0 bridgehead atoms. The molecule has 56 valence electrons. The number of hydrogen-bond acceptors (Lipinski definition) is 1. The van der Waals surface area contributed by atoms with E-state index in [0.717, 1.165) is 0 Å². The fourth-order valence-corrected chi connectivity index (χ4v) is 0. The quantitative estimate of drug-likeness (QED) is 0.303. The average molecular weight is 276 g/mol. The van der Waals surface area contributed by atoms with Crippen molar-refractivity contribution >= 4 is 7.82 Å². The molecule has 0 aromatic carbocycles. The molecule has 0 aromatic rings. The summed E-state index contributed by atoms with van der Waals surface area (Å²) in [5.74, 6) is 0. The Bertz CT molecular complexity index is 77.2. The Morgan fingerprint density at radius 1 is 1.10 bits per heavy atom. The first-order valence-electron chi connectivity index (χ1n) is 0.783. The summed E-state index contributed by atoms with van der Waals surface area (Å²) >= 11 is 0. The van der Waals surface area contributed by atoms with Gasteiger partial charge in [-0.1, -0.05) is 0 Å². The third-order valence-corrected chi connectivity index (χ3v) is 0. The number of phosphoric acid groups is 1. The SMILES string of the molecule is O=P(O)(O)O.[Fe].[H-].[H-].[Li+].[Li+].[Mn].[V]. The molecule has 0 aromatic heterocycles. The molecule has 0 amide bonds. The fraction of sp³-hybridized carbons (Fsp3) is 0. The van der Waals surface area contributed by atoms with E-state index in [1.807, 2.05) is 0 Å². The van der Waals surface area contributed by atoms with Gasteiger partial charge < -0.3 is 17.5 Å². The Morgan fingerprint density at radius 3 is 1.10 bits per heavy atom. The summed E-state index contributed by atoms with van der Waals surface area (Å²) in [6.07, 6.45) is 0. The van der Waals surface area contributed by atoms with Crippen LogP contribution in [0.1, 0.15) is 2.85 Å². The maximum atomic E-state index is 8.88. The molecule has 0 saturated heterocycles. The van der Waals surface area contributed by atoms with E-state index in [0.29, 0.717) is 0 Å². The van der Waals surface area contributed by atoms with Crippen LogP contribution >= 0.6 is 7.82 Å². The zero-order chi connectivity index (χ0) is 4.50. The van der Waals surface area contributed by atoms with E-state index in [2.05, 4.69) is 0 Å². The molecule has 0 aliphatic heterocycles. The van der Waals surface area contributed by atoms with Gasteiger partial charge in [-0.05, 0) is 0 Å². The van der Waals surface area contributed by atoms with Gasteiger partial charge in [-0.25, -0.2) is 4.57 Å². The summed E-state index contributed by atoms with van der Waals surface area (Å²) in [5.41, 5.74) is 0. The van der Waals surface area contributed by atoms with Gasteiger partial charge in [0.15, 0.2) is 0 Å². The smallest absolute Gasteiger partial charge is 1.00 e. The zero-order valence-electron chi connectivity index (χ0n) is 7.38. The normalized spacial score (nSPS) is 5.90. The number of hydrogen-bond donors (Lipinski definition) is 3. The van der Waals surface area contributed by atoms with Crippen LogP contribution in [0.4, 0.5) is 0 Å². The van der Waals surface area contributed by atoms with E-state index in [1.165, 1.54) is 0 Å². The molecule has 10 heavy (non-hydrogen) atoms. The Balaban J connectivity index is -0.00000000381. The summed E-state index contributed by atoms with van der Waals surface area (Å²) in [6.45, 7) is 0. The maximum absolute atomic E-state index is 8.88. The molecule has 0 heterocycles. The van der Waals surface area contributed by atoms with Crippen molar-refractivity contribution in [3.63, 3.8) is 0 Å². The van der Waals surface area contributed by atoms with E-state index in [-0.39, 0.29) is 93.3 Å². The van der Waals surface area contributed by atoms with Gasteiger partial charge in [0.25, 0.3) is 0 Å². The first-order chi connectivity index (χ1) is 2.00. The minimum absolute atomic E-state index is 0. The Morgan fingerprint density at radius 2 is 1.10 bits per heavy atom. The molecule has 0 rings (SSSR count). The Kier molecular flexibility index (Phi) is 68.5. The van der Waals surface area contributed by atoms with Crippen molar-refractivity contribution in [3.05, 3.63) is 0 Å². The van der Waals surface area contributed by atoms with Gasteiger partial charge in [-0.2, -0.15) is 0 Å². The molecule has 0 atom stereocenters. The molecule has 0 spiro atoms. The standard InChI is InChI=1S/Fe.2Li.Mn.H3O4P.V.2H/c;;;;1-5(2,3)4;;;/h;;;;(H3,1,2,3,4);;;/q;2*+1;;;;2*-1. The van der Waals surface area contributed by atoms with Crippen molar-refractivity contribution < 1.29 is 113 Å². The van der Waals surface area contributed by atoms with Crippen LogP contribution in [0.2, 0.25) is 0 Å². The molecule has 2 radical (unpaired) electrons. The van der Waals surface area contributed by atoms with Crippen molar-refractivity contribution in [2.45, 2.75) is 0 Å². The molecule has 4 nitrogen and oxygen atoms in total. The summed E-state index contributed by atoms with van der Waals surface area (Å²) in [5, 5.41) is 0. The van der Waals surface area contributed by atoms with Gasteiger partial charge in [0.1, 0.15) is 0 Å². The summed E-state index contributed by atoms with van der Waals surface area (Å²) in [4.78, 5) is 21.6. The summed E-state index contributed by atoms with van der Waals surface area (Å²) in [7, 11) is -4.64. The van der Waals surface area contributed by atoms with Crippen LogP contribution in [0.15, 0.2) is 0 Å². The molecule has 10 heteroatoms. The second-order valence-electron chi connectivity index (χ2n) is 0.513. The van der Waals surface area contributed by atoms with E-state index < -0.39 is 7.82 Å². The van der Waals surface area contributed by atoms with E-state index >= 15 is 0 Å².